The SMILES string of the molecule is Cc1nc(CSC2CCCCC2)sc1CNC(C)C. The molecule has 0 unspecified atom stereocenters. The highest BCUT2D eigenvalue weighted by atomic mass is 32.2. The molecule has 0 aliphatic heterocycles. The lowest BCUT2D eigenvalue weighted by atomic mass is 10.0. The highest BCUT2D eigenvalue weighted by Gasteiger charge is 2.15. The summed E-state index contributed by atoms with van der Waals surface area (Å²) in [4.78, 5) is 6.14. The Morgan fingerprint density at radius 2 is 2.05 bits per heavy atom. The third kappa shape index (κ3) is 5.09. The predicted molar refractivity (Wildman–Crippen MR) is 87.0 cm³/mol. The van der Waals surface area contributed by atoms with E-state index in [1.807, 2.05) is 11.3 Å². The van der Waals surface area contributed by atoms with E-state index in [1.165, 1.54) is 47.7 Å². The zero-order valence-corrected chi connectivity index (χ0v) is 14.0. The lowest BCUT2D eigenvalue weighted by Crippen LogP contribution is -2.21. The summed E-state index contributed by atoms with van der Waals surface area (Å²) >= 11 is 4.02. The van der Waals surface area contributed by atoms with E-state index in [0.29, 0.717) is 6.04 Å². The maximum absolute atomic E-state index is 4.73. The van der Waals surface area contributed by atoms with Crippen molar-refractivity contribution < 1.29 is 0 Å². The van der Waals surface area contributed by atoms with Crippen molar-refractivity contribution in [3.05, 3.63) is 15.6 Å². The smallest absolute Gasteiger partial charge is 0.103 e. The molecule has 1 aliphatic carbocycles. The standard InChI is InChI=1S/C15H26N2S2/c1-11(2)16-9-14-12(3)17-15(19-14)10-18-13-7-5-4-6-8-13/h11,13,16H,4-10H2,1-3H3. The Morgan fingerprint density at radius 1 is 1.32 bits per heavy atom. The topological polar surface area (TPSA) is 24.9 Å². The van der Waals surface area contributed by atoms with Gasteiger partial charge in [-0.2, -0.15) is 11.8 Å². The molecule has 0 aromatic carbocycles. The number of rotatable bonds is 6. The molecule has 1 saturated carbocycles. The molecule has 4 heteroatoms. The number of aromatic nitrogens is 1. The third-order valence-corrected chi connectivity index (χ3v) is 6.33. The lowest BCUT2D eigenvalue weighted by molar-refractivity contribution is 0.516. The maximum Gasteiger partial charge on any atom is 0.103 e. The van der Waals surface area contributed by atoms with Crippen LogP contribution < -0.4 is 5.32 Å². The van der Waals surface area contributed by atoms with Gasteiger partial charge in [0.2, 0.25) is 0 Å². The second-order valence-corrected chi connectivity index (χ2v) is 8.18. The molecule has 1 aliphatic rings. The molecular formula is C15H26N2S2. The summed E-state index contributed by atoms with van der Waals surface area (Å²) in [5.74, 6) is 1.11. The second kappa shape index (κ2) is 7.65. The predicted octanol–water partition coefficient (Wildman–Crippen LogP) is 4.52. The fraction of sp³-hybridized carbons (Fsp3) is 0.800. The first-order chi connectivity index (χ1) is 9.15. The Balaban J connectivity index is 1.81. The largest absolute Gasteiger partial charge is 0.310 e. The minimum atomic E-state index is 0.543. The molecule has 2 rings (SSSR count). The van der Waals surface area contributed by atoms with Gasteiger partial charge in [-0.05, 0) is 19.8 Å². The molecule has 0 spiro atoms. The number of nitrogens with one attached hydrogen (secondary N) is 1. The number of hydrogen-bond donors (Lipinski definition) is 1. The van der Waals surface area contributed by atoms with Gasteiger partial charge in [-0.3, -0.25) is 0 Å². The minimum Gasteiger partial charge on any atom is -0.310 e. The van der Waals surface area contributed by atoms with Crippen LogP contribution in [0.2, 0.25) is 0 Å². The van der Waals surface area contributed by atoms with Gasteiger partial charge in [0.1, 0.15) is 5.01 Å². The Kier molecular flexibility index (Phi) is 6.17. The van der Waals surface area contributed by atoms with Crippen LogP contribution in [0.1, 0.15) is 61.5 Å². The van der Waals surface area contributed by atoms with Gasteiger partial charge < -0.3 is 5.32 Å². The molecule has 2 nitrogen and oxygen atoms in total. The number of nitrogens with zero attached hydrogens (tertiary/aromatic N) is 1. The molecule has 1 heterocycles. The normalized spacial score (nSPS) is 17.3. The van der Waals surface area contributed by atoms with Crippen molar-refractivity contribution in [3.63, 3.8) is 0 Å². The quantitative estimate of drug-likeness (QED) is 0.836. The van der Waals surface area contributed by atoms with Crippen molar-refractivity contribution in [2.75, 3.05) is 0 Å². The van der Waals surface area contributed by atoms with Gasteiger partial charge in [0.25, 0.3) is 0 Å². The molecular weight excluding hydrogens is 272 g/mol. The van der Waals surface area contributed by atoms with Crippen molar-refractivity contribution in [3.8, 4) is 0 Å². The molecule has 0 bridgehead atoms. The Morgan fingerprint density at radius 3 is 2.74 bits per heavy atom. The van der Waals surface area contributed by atoms with Gasteiger partial charge in [-0.1, -0.05) is 33.1 Å². The van der Waals surface area contributed by atoms with Gasteiger partial charge in [0.05, 0.1) is 5.69 Å². The van der Waals surface area contributed by atoms with E-state index >= 15 is 0 Å². The van der Waals surface area contributed by atoms with Crippen LogP contribution in [-0.4, -0.2) is 16.3 Å². The monoisotopic (exact) mass is 298 g/mol. The van der Waals surface area contributed by atoms with Gasteiger partial charge in [0.15, 0.2) is 0 Å². The second-order valence-electron chi connectivity index (χ2n) is 5.72. The molecule has 1 N–H and O–H groups in total. The highest BCUT2D eigenvalue weighted by molar-refractivity contribution is 7.99. The fourth-order valence-corrected chi connectivity index (χ4v) is 4.80. The van der Waals surface area contributed by atoms with Crippen LogP contribution in [0.5, 0.6) is 0 Å². The zero-order valence-electron chi connectivity index (χ0n) is 12.4. The fourth-order valence-electron chi connectivity index (χ4n) is 2.43. The zero-order chi connectivity index (χ0) is 13.7. The number of aryl methyl sites for hydroxylation is 1. The van der Waals surface area contributed by atoms with Crippen molar-refractivity contribution >= 4 is 23.1 Å². The summed E-state index contributed by atoms with van der Waals surface area (Å²) in [5, 5.41) is 5.68. The average Bonchev–Trinajstić information content (AvgIpc) is 2.76. The molecule has 19 heavy (non-hydrogen) atoms. The third-order valence-electron chi connectivity index (χ3n) is 3.60. The summed E-state index contributed by atoms with van der Waals surface area (Å²) in [6.07, 6.45) is 7.13. The van der Waals surface area contributed by atoms with Crippen LogP contribution in [0.3, 0.4) is 0 Å². The Labute approximate surface area is 125 Å². The molecule has 0 amide bonds. The highest BCUT2D eigenvalue weighted by Crippen LogP contribution is 2.32. The number of thiazole rings is 1. The number of hydrogen-bond acceptors (Lipinski definition) is 4. The van der Waals surface area contributed by atoms with Crippen LogP contribution in [-0.2, 0) is 12.3 Å². The first-order valence-electron chi connectivity index (χ1n) is 7.45. The van der Waals surface area contributed by atoms with Crippen LogP contribution in [0.25, 0.3) is 0 Å². The molecule has 0 saturated heterocycles. The molecule has 108 valence electrons. The summed E-state index contributed by atoms with van der Waals surface area (Å²) < 4.78 is 0. The van der Waals surface area contributed by atoms with E-state index in [0.717, 1.165) is 17.5 Å². The van der Waals surface area contributed by atoms with Gasteiger partial charge >= 0.3 is 0 Å². The molecule has 1 aromatic heterocycles. The van der Waals surface area contributed by atoms with Crippen LogP contribution in [0.15, 0.2) is 0 Å². The van der Waals surface area contributed by atoms with E-state index in [2.05, 4.69) is 37.8 Å². The number of thioether (sulfide) groups is 1. The summed E-state index contributed by atoms with van der Waals surface area (Å²) in [7, 11) is 0. The summed E-state index contributed by atoms with van der Waals surface area (Å²) in [6, 6.07) is 0.543. The Hall–Kier alpha value is -0.0600. The average molecular weight is 299 g/mol. The van der Waals surface area contributed by atoms with Crippen LogP contribution in [0, 0.1) is 6.92 Å². The van der Waals surface area contributed by atoms with Crippen molar-refractivity contribution in [1.29, 1.82) is 0 Å². The van der Waals surface area contributed by atoms with Crippen molar-refractivity contribution in [2.45, 2.75) is 76.5 Å². The molecule has 0 radical (unpaired) electrons. The molecule has 1 aromatic rings. The molecule has 0 atom stereocenters. The lowest BCUT2D eigenvalue weighted by Gasteiger charge is -2.20. The van der Waals surface area contributed by atoms with Crippen LogP contribution >= 0.6 is 23.1 Å². The minimum absolute atomic E-state index is 0.543. The first-order valence-corrected chi connectivity index (χ1v) is 9.32. The van der Waals surface area contributed by atoms with Gasteiger partial charge in [-0.25, -0.2) is 4.98 Å². The van der Waals surface area contributed by atoms with E-state index in [9.17, 15) is 0 Å². The van der Waals surface area contributed by atoms with E-state index < -0.39 is 0 Å². The summed E-state index contributed by atoms with van der Waals surface area (Å²) in [5.41, 5.74) is 1.22. The van der Waals surface area contributed by atoms with Crippen molar-refractivity contribution in [2.24, 2.45) is 0 Å². The summed E-state index contributed by atoms with van der Waals surface area (Å²) in [6.45, 7) is 7.49. The van der Waals surface area contributed by atoms with Gasteiger partial charge in [-0.15, -0.1) is 11.3 Å². The maximum atomic E-state index is 4.73. The van der Waals surface area contributed by atoms with E-state index in [1.54, 1.807) is 0 Å². The van der Waals surface area contributed by atoms with E-state index in [4.69, 9.17) is 4.98 Å². The van der Waals surface area contributed by atoms with Crippen molar-refractivity contribution in [1.82, 2.24) is 10.3 Å². The van der Waals surface area contributed by atoms with E-state index in [-0.39, 0.29) is 0 Å². The van der Waals surface area contributed by atoms with Gasteiger partial charge in [0, 0.05) is 28.5 Å². The van der Waals surface area contributed by atoms with Crippen LogP contribution in [0.4, 0.5) is 0 Å². The Bertz CT molecular complexity index is 381. The molecule has 1 fully saturated rings. The first kappa shape index (κ1) is 15.3.